The summed E-state index contributed by atoms with van der Waals surface area (Å²) in [6, 6.07) is 3.68. The number of aliphatic hydroxyl groups is 1. The molecule has 0 radical (unpaired) electrons. The van der Waals surface area contributed by atoms with E-state index in [9.17, 15) is 9.50 Å². The first-order chi connectivity index (χ1) is 8.92. The molecule has 0 spiro atoms. The third kappa shape index (κ3) is 3.86. The second-order valence-electron chi connectivity index (χ2n) is 4.96. The average Bonchev–Trinajstić information content (AvgIpc) is 2.37. The predicted octanol–water partition coefficient (Wildman–Crippen LogP) is 3.77. The van der Waals surface area contributed by atoms with Crippen LogP contribution in [0.15, 0.2) is 12.1 Å². The van der Waals surface area contributed by atoms with Crippen molar-refractivity contribution in [3.05, 3.63) is 29.1 Å². The summed E-state index contributed by atoms with van der Waals surface area (Å²) in [6.07, 6.45) is 2.44. The lowest BCUT2D eigenvalue weighted by molar-refractivity contribution is 0.199. The lowest BCUT2D eigenvalue weighted by Crippen LogP contribution is -2.34. The first-order valence-electron chi connectivity index (χ1n) is 6.62. The normalized spacial score (nSPS) is 14.3. The molecule has 1 aromatic rings. The highest BCUT2D eigenvalue weighted by Crippen LogP contribution is 2.30. The smallest absolute Gasteiger partial charge is 0.126 e. The fraction of sp³-hybridized carbons (Fsp3) is 0.600. The molecule has 4 heteroatoms. The van der Waals surface area contributed by atoms with Gasteiger partial charge < -0.3 is 10.0 Å². The van der Waals surface area contributed by atoms with Crippen LogP contribution in [0.25, 0.3) is 0 Å². The highest BCUT2D eigenvalue weighted by molar-refractivity contribution is 7.98. The molecule has 2 nitrogen and oxygen atoms in total. The van der Waals surface area contributed by atoms with E-state index in [1.807, 2.05) is 13.1 Å². The Bertz CT molecular complexity index is 423. The van der Waals surface area contributed by atoms with Crippen molar-refractivity contribution < 1.29 is 9.50 Å². The standard InChI is InChI=1S/C15H24FNOS/c1-6-12(9-19-5)17(4)15-7-10(2)14(16)8-13(15)11(3)18/h7-8,11-12,18H,6,9H2,1-5H3/t11-,12?/m1/s1. The fourth-order valence-corrected chi connectivity index (χ4v) is 3.06. The summed E-state index contributed by atoms with van der Waals surface area (Å²) in [5, 5.41) is 9.85. The zero-order chi connectivity index (χ0) is 14.6. The molecule has 1 N–H and O–H groups in total. The monoisotopic (exact) mass is 285 g/mol. The van der Waals surface area contributed by atoms with Crippen molar-refractivity contribution >= 4 is 17.4 Å². The Morgan fingerprint density at radius 1 is 1.42 bits per heavy atom. The Labute approximate surface area is 120 Å². The maximum Gasteiger partial charge on any atom is 0.126 e. The molecule has 0 bridgehead atoms. The van der Waals surface area contributed by atoms with Crippen molar-refractivity contribution in [3.63, 3.8) is 0 Å². The van der Waals surface area contributed by atoms with Crippen LogP contribution in [0.3, 0.4) is 0 Å². The van der Waals surface area contributed by atoms with Gasteiger partial charge in [-0.25, -0.2) is 4.39 Å². The van der Waals surface area contributed by atoms with Gasteiger partial charge in [-0.2, -0.15) is 11.8 Å². The number of rotatable bonds is 6. The van der Waals surface area contributed by atoms with Gasteiger partial charge in [-0.15, -0.1) is 0 Å². The van der Waals surface area contributed by atoms with Gasteiger partial charge in [0.05, 0.1) is 6.10 Å². The Morgan fingerprint density at radius 2 is 2.05 bits per heavy atom. The number of hydrogen-bond acceptors (Lipinski definition) is 3. The molecular formula is C15H24FNOS. The summed E-state index contributed by atoms with van der Waals surface area (Å²) in [6.45, 7) is 5.58. The maximum atomic E-state index is 13.7. The van der Waals surface area contributed by atoms with Crippen molar-refractivity contribution in [3.8, 4) is 0 Å². The van der Waals surface area contributed by atoms with Crippen molar-refractivity contribution in [1.29, 1.82) is 0 Å². The first kappa shape index (κ1) is 16.3. The van der Waals surface area contributed by atoms with Crippen LogP contribution in [0.2, 0.25) is 0 Å². The number of benzene rings is 1. The van der Waals surface area contributed by atoms with E-state index in [0.717, 1.165) is 17.9 Å². The Hall–Kier alpha value is -0.740. The van der Waals surface area contributed by atoms with Gasteiger partial charge in [0.1, 0.15) is 5.82 Å². The molecule has 108 valence electrons. The van der Waals surface area contributed by atoms with Gasteiger partial charge in [0.2, 0.25) is 0 Å². The Kier molecular flexibility index (Phi) is 6.14. The van der Waals surface area contributed by atoms with Crippen LogP contribution in [0, 0.1) is 12.7 Å². The van der Waals surface area contributed by atoms with Crippen LogP contribution in [0.1, 0.15) is 37.5 Å². The average molecular weight is 285 g/mol. The van der Waals surface area contributed by atoms with Gasteiger partial charge in [0.15, 0.2) is 0 Å². The highest BCUT2D eigenvalue weighted by Gasteiger charge is 2.19. The van der Waals surface area contributed by atoms with Crippen molar-refractivity contribution in [2.24, 2.45) is 0 Å². The lowest BCUT2D eigenvalue weighted by atomic mass is 10.0. The molecule has 1 rings (SSSR count). The minimum Gasteiger partial charge on any atom is -0.389 e. The van der Waals surface area contributed by atoms with Crippen LogP contribution < -0.4 is 4.90 Å². The van der Waals surface area contributed by atoms with Gasteiger partial charge in [-0.05, 0) is 44.2 Å². The van der Waals surface area contributed by atoms with E-state index in [1.165, 1.54) is 6.07 Å². The summed E-state index contributed by atoms with van der Waals surface area (Å²) in [4.78, 5) is 2.16. The molecule has 0 saturated heterocycles. The molecule has 0 fully saturated rings. The number of thioether (sulfide) groups is 1. The van der Waals surface area contributed by atoms with Crippen molar-refractivity contribution in [2.75, 3.05) is 24.0 Å². The van der Waals surface area contributed by atoms with Crippen LogP contribution in [-0.2, 0) is 0 Å². The van der Waals surface area contributed by atoms with Crippen molar-refractivity contribution in [1.82, 2.24) is 0 Å². The molecule has 0 amide bonds. The van der Waals surface area contributed by atoms with Gasteiger partial charge in [-0.1, -0.05) is 6.92 Å². The Balaban J connectivity index is 3.19. The largest absolute Gasteiger partial charge is 0.389 e. The van der Waals surface area contributed by atoms with E-state index in [-0.39, 0.29) is 5.82 Å². The molecule has 1 unspecified atom stereocenters. The summed E-state index contributed by atoms with van der Waals surface area (Å²) in [7, 11) is 2.02. The van der Waals surface area contributed by atoms with E-state index in [2.05, 4.69) is 18.1 Å². The van der Waals surface area contributed by atoms with Crippen LogP contribution >= 0.6 is 11.8 Å². The van der Waals surface area contributed by atoms with Crippen molar-refractivity contribution in [2.45, 2.75) is 39.3 Å². The highest BCUT2D eigenvalue weighted by atomic mass is 32.2. The lowest BCUT2D eigenvalue weighted by Gasteiger charge is -2.31. The molecule has 0 aliphatic heterocycles. The van der Waals surface area contributed by atoms with E-state index in [0.29, 0.717) is 17.2 Å². The topological polar surface area (TPSA) is 23.5 Å². The van der Waals surface area contributed by atoms with Gasteiger partial charge in [0.25, 0.3) is 0 Å². The Morgan fingerprint density at radius 3 is 2.53 bits per heavy atom. The zero-order valence-corrected chi connectivity index (χ0v) is 13.2. The summed E-state index contributed by atoms with van der Waals surface area (Å²) in [5.41, 5.74) is 2.20. The van der Waals surface area contributed by atoms with E-state index in [4.69, 9.17) is 0 Å². The minimum absolute atomic E-state index is 0.258. The second kappa shape index (κ2) is 7.15. The molecule has 0 aliphatic rings. The molecule has 19 heavy (non-hydrogen) atoms. The first-order valence-corrected chi connectivity index (χ1v) is 8.01. The predicted molar refractivity (Wildman–Crippen MR) is 82.6 cm³/mol. The number of aliphatic hydroxyl groups excluding tert-OH is 1. The maximum absolute atomic E-state index is 13.7. The molecule has 0 heterocycles. The quantitative estimate of drug-likeness (QED) is 0.860. The van der Waals surface area contributed by atoms with Gasteiger partial charge >= 0.3 is 0 Å². The van der Waals surface area contributed by atoms with E-state index >= 15 is 0 Å². The van der Waals surface area contributed by atoms with Gasteiger partial charge in [0, 0.05) is 30.1 Å². The number of hydrogen-bond donors (Lipinski definition) is 1. The molecule has 1 aromatic carbocycles. The second-order valence-corrected chi connectivity index (χ2v) is 5.88. The molecule has 0 saturated carbocycles. The summed E-state index contributed by atoms with van der Waals surface area (Å²) in [5.74, 6) is 0.758. The fourth-order valence-electron chi connectivity index (χ4n) is 2.21. The number of aryl methyl sites for hydroxylation is 1. The molecule has 0 aromatic heterocycles. The zero-order valence-electron chi connectivity index (χ0n) is 12.4. The SMILES string of the molecule is CCC(CSC)N(C)c1cc(C)c(F)cc1[C@@H](C)O. The number of halogens is 1. The van der Waals surface area contributed by atoms with Crippen LogP contribution in [0.5, 0.6) is 0 Å². The molecular weight excluding hydrogens is 261 g/mol. The third-order valence-electron chi connectivity index (χ3n) is 3.52. The van der Waals surface area contributed by atoms with Crippen LogP contribution in [-0.4, -0.2) is 30.2 Å². The van der Waals surface area contributed by atoms with Crippen LogP contribution in [0.4, 0.5) is 10.1 Å². The van der Waals surface area contributed by atoms with E-state index in [1.54, 1.807) is 25.6 Å². The third-order valence-corrected chi connectivity index (χ3v) is 4.23. The summed E-state index contributed by atoms with van der Waals surface area (Å²) >= 11 is 1.80. The van der Waals surface area contributed by atoms with E-state index < -0.39 is 6.10 Å². The van der Waals surface area contributed by atoms with Gasteiger partial charge in [-0.3, -0.25) is 0 Å². The number of anilines is 1. The molecule has 2 atom stereocenters. The summed E-state index contributed by atoms with van der Waals surface area (Å²) < 4.78 is 13.7. The number of nitrogens with zero attached hydrogens (tertiary/aromatic N) is 1. The minimum atomic E-state index is -0.667. The molecule has 0 aliphatic carbocycles.